The minimum absolute atomic E-state index is 0.332. The van der Waals surface area contributed by atoms with Gasteiger partial charge in [0.25, 0.3) is 5.91 Å². The average molecular weight is 299 g/mol. The highest BCUT2D eigenvalue weighted by Gasteiger charge is 2.35. The first-order valence-electron chi connectivity index (χ1n) is 6.34. The van der Waals surface area contributed by atoms with Gasteiger partial charge in [0.1, 0.15) is 0 Å². The van der Waals surface area contributed by atoms with E-state index in [2.05, 4.69) is 4.98 Å². The molecule has 0 atom stereocenters. The van der Waals surface area contributed by atoms with E-state index in [9.17, 15) is 9.59 Å². The quantitative estimate of drug-likeness (QED) is 0.760. The summed E-state index contributed by atoms with van der Waals surface area (Å²) in [6.07, 6.45) is 5.05. The number of imide groups is 1. The van der Waals surface area contributed by atoms with E-state index in [4.69, 9.17) is 11.6 Å². The number of benzene rings is 1. The molecule has 0 unspecified atom stereocenters. The minimum atomic E-state index is -0.337. The predicted octanol–water partition coefficient (Wildman–Crippen LogP) is 3.17. The first-order valence-corrected chi connectivity index (χ1v) is 6.72. The highest BCUT2D eigenvalue weighted by molar-refractivity contribution is 6.42. The lowest BCUT2D eigenvalue weighted by molar-refractivity contribution is -0.122. The number of nitrogens with zero attached hydrogens (tertiary/aromatic N) is 2. The molecule has 0 radical (unpaired) electrons. The molecule has 0 N–H and O–H groups in total. The topological polar surface area (TPSA) is 50.3 Å². The zero-order valence-corrected chi connectivity index (χ0v) is 12.0. The first-order chi connectivity index (χ1) is 10.1. The summed E-state index contributed by atoms with van der Waals surface area (Å²) in [4.78, 5) is 29.3. The zero-order chi connectivity index (χ0) is 15.0. The SMILES string of the molecule is CC(=O)N1C(=O)C(=Cc2ccncc2)c2ccc(Cl)cc21. The van der Waals surface area contributed by atoms with Crippen LogP contribution in [0.2, 0.25) is 5.02 Å². The van der Waals surface area contributed by atoms with Gasteiger partial charge in [0.2, 0.25) is 5.91 Å². The van der Waals surface area contributed by atoms with E-state index in [0.29, 0.717) is 21.8 Å². The molecule has 1 aromatic carbocycles. The molecule has 0 spiro atoms. The number of fused-ring (bicyclic) bond motifs is 1. The Hall–Kier alpha value is -2.46. The van der Waals surface area contributed by atoms with Crippen molar-refractivity contribution in [1.29, 1.82) is 0 Å². The van der Waals surface area contributed by atoms with E-state index in [1.165, 1.54) is 6.92 Å². The Morgan fingerprint density at radius 2 is 1.95 bits per heavy atom. The van der Waals surface area contributed by atoms with Gasteiger partial charge in [-0.1, -0.05) is 17.7 Å². The van der Waals surface area contributed by atoms with Gasteiger partial charge in [-0.3, -0.25) is 14.6 Å². The second-order valence-corrected chi connectivity index (χ2v) is 5.10. The molecule has 21 heavy (non-hydrogen) atoms. The number of pyridine rings is 1. The van der Waals surface area contributed by atoms with Crippen molar-refractivity contribution in [3.63, 3.8) is 0 Å². The minimum Gasteiger partial charge on any atom is -0.274 e. The van der Waals surface area contributed by atoms with Crippen molar-refractivity contribution in [2.45, 2.75) is 6.92 Å². The van der Waals surface area contributed by atoms with Gasteiger partial charge in [-0.25, -0.2) is 4.90 Å². The largest absolute Gasteiger partial charge is 0.274 e. The third-order valence-corrected chi connectivity index (χ3v) is 3.49. The van der Waals surface area contributed by atoms with Crippen molar-refractivity contribution >= 4 is 40.8 Å². The molecule has 0 saturated heterocycles. The monoisotopic (exact) mass is 298 g/mol. The molecule has 0 aliphatic carbocycles. The third kappa shape index (κ3) is 2.34. The van der Waals surface area contributed by atoms with Crippen LogP contribution in [0.3, 0.4) is 0 Å². The lowest BCUT2D eigenvalue weighted by Crippen LogP contribution is -2.31. The summed E-state index contributed by atoms with van der Waals surface area (Å²) in [5.74, 6) is -0.668. The Balaban J connectivity index is 2.18. The van der Waals surface area contributed by atoms with E-state index in [0.717, 1.165) is 10.5 Å². The summed E-state index contributed by atoms with van der Waals surface area (Å²) >= 11 is 5.97. The number of aromatic nitrogens is 1. The standard InChI is InChI=1S/C16H11ClN2O2/c1-10(20)19-15-9-12(17)2-3-13(15)14(16(19)21)8-11-4-6-18-7-5-11/h2-9H,1H3. The van der Waals surface area contributed by atoms with Crippen LogP contribution in [0.4, 0.5) is 5.69 Å². The third-order valence-electron chi connectivity index (χ3n) is 3.26. The van der Waals surface area contributed by atoms with E-state index in [1.54, 1.807) is 48.8 Å². The normalized spacial score (nSPS) is 15.4. The smallest absolute Gasteiger partial charge is 0.265 e. The van der Waals surface area contributed by atoms with Crippen LogP contribution in [0.15, 0.2) is 42.7 Å². The molecule has 2 aromatic rings. The predicted molar refractivity (Wildman–Crippen MR) is 81.7 cm³/mol. The number of carbonyl (C=O) groups is 2. The maximum atomic E-state index is 12.5. The van der Waals surface area contributed by atoms with Crippen molar-refractivity contribution in [2.24, 2.45) is 0 Å². The Kier molecular flexibility index (Phi) is 3.31. The van der Waals surface area contributed by atoms with Crippen LogP contribution in [0.25, 0.3) is 11.6 Å². The van der Waals surface area contributed by atoms with Crippen molar-refractivity contribution in [2.75, 3.05) is 4.90 Å². The van der Waals surface area contributed by atoms with Crippen molar-refractivity contribution < 1.29 is 9.59 Å². The number of halogens is 1. The van der Waals surface area contributed by atoms with Gasteiger partial charge in [0.05, 0.1) is 11.3 Å². The van der Waals surface area contributed by atoms with Crippen LogP contribution >= 0.6 is 11.6 Å². The van der Waals surface area contributed by atoms with E-state index < -0.39 is 0 Å². The van der Waals surface area contributed by atoms with Gasteiger partial charge in [0.15, 0.2) is 0 Å². The summed E-state index contributed by atoms with van der Waals surface area (Å²) in [5.41, 5.74) is 2.56. The van der Waals surface area contributed by atoms with Crippen LogP contribution in [-0.2, 0) is 9.59 Å². The van der Waals surface area contributed by atoms with E-state index in [-0.39, 0.29) is 11.8 Å². The Morgan fingerprint density at radius 1 is 1.24 bits per heavy atom. The fraction of sp³-hybridized carbons (Fsp3) is 0.0625. The molecular formula is C16H11ClN2O2. The zero-order valence-electron chi connectivity index (χ0n) is 11.2. The number of hydrogen-bond donors (Lipinski definition) is 0. The molecule has 0 saturated carbocycles. The van der Waals surface area contributed by atoms with E-state index >= 15 is 0 Å². The van der Waals surface area contributed by atoms with Gasteiger partial charge >= 0.3 is 0 Å². The van der Waals surface area contributed by atoms with Crippen molar-refractivity contribution in [1.82, 2.24) is 4.98 Å². The fourth-order valence-electron chi connectivity index (χ4n) is 2.34. The highest BCUT2D eigenvalue weighted by Crippen LogP contribution is 2.39. The fourth-order valence-corrected chi connectivity index (χ4v) is 2.51. The molecule has 1 aliphatic heterocycles. The number of hydrogen-bond acceptors (Lipinski definition) is 3. The molecule has 0 bridgehead atoms. The second-order valence-electron chi connectivity index (χ2n) is 4.66. The van der Waals surface area contributed by atoms with Crippen LogP contribution < -0.4 is 4.90 Å². The number of rotatable bonds is 1. The van der Waals surface area contributed by atoms with Gasteiger partial charge in [-0.2, -0.15) is 0 Å². The van der Waals surface area contributed by atoms with Gasteiger partial charge < -0.3 is 0 Å². The van der Waals surface area contributed by atoms with Crippen LogP contribution in [0.1, 0.15) is 18.1 Å². The van der Waals surface area contributed by atoms with Gasteiger partial charge in [0, 0.05) is 29.9 Å². The summed E-state index contributed by atoms with van der Waals surface area (Å²) in [5, 5.41) is 0.484. The molecule has 5 heteroatoms. The van der Waals surface area contributed by atoms with Crippen molar-refractivity contribution in [3.8, 4) is 0 Å². The summed E-state index contributed by atoms with van der Waals surface area (Å²) in [6.45, 7) is 1.36. The van der Waals surface area contributed by atoms with Gasteiger partial charge in [-0.05, 0) is 35.9 Å². The molecule has 2 heterocycles. The number of anilines is 1. The van der Waals surface area contributed by atoms with Crippen LogP contribution in [-0.4, -0.2) is 16.8 Å². The molecule has 0 fully saturated rings. The maximum Gasteiger partial charge on any atom is 0.265 e. The second kappa shape index (κ2) is 5.14. The molecule has 2 amide bonds. The van der Waals surface area contributed by atoms with Crippen LogP contribution in [0, 0.1) is 0 Å². The molecule has 104 valence electrons. The maximum absolute atomic E-state index is 12.5. The Bertz CT molecular complexity index is 769. The highest BCUT2D eigenvalue weighted by atomic mass is 35.5. The molecule has 3 rings (SSSR count). The lowest BCUT2D eigenvalue weighted by Gasteiger charge is -2.11. The number of carbonyl (C=O) groups excluding carboxylic acids is 2. The molecule has 4 nitrogen and oxygen atoms in total. The molecular weight excluding hydrogens is 288 g/mol. The number of amides is 2. The summed E-state index contributed by atoms with van der Waals surface area (Å²) in [6, 6.07) is 8.69. The van der Waals surface area contributed by atoms with Gasteiger partial charge in [-0.15, -0.1) is 0 Å². The molecule has 1 aromatic heterocycles. The summed E-state index contributed by atoms with van der Waals surface area (Å²) < 4.78 is 0. The summed E-state index contributed by atoms with van der Waals surface area (Å²) in [7, 11) is 0. The first kappa shape index (κ1) is 13.5. The Labute approximate surface area is 126 Å². The Morgan fingerprint density at radius 3 is 2.62 bits per heavy atom. The average Bonchev–Trinajstić information content (AvgIpc) is 2.72. The molecule has 1 aliphatic rings. The van der Waals surface area contributed by atoms with Crippen molar-refractivity contribution in [3.05, 3.63) is 58.9 Å². The van der Waals surface area contributed by atoms with Crippen LogP contribution in [0.5, 0.6) is 0 Å². The lowest BCUT2D eigenvalue weighted by atomic mass is 10.0. The van der Waals surface area contributed by atoms with E-state index in [1.807, 2.05) is 0 Å².